The van der Waals surface area contributed by atoms with Crippen molar-refractivity contribution in [2.75, 3.05) is 18.1 Å². The van der Waals surface area contributed by atoms with E-state index in [1.807, 2.05) is 19.9 Å². The van der Waals surface area contributed by atoms with E-state index >= 15 is 0 Å². The molecule has 136 valence electrons. The van der Waals surface area contributed by atoms with E-state index in [4.69, 9.17) is 4.74 Å². The Bertz CT molecular complexity index is 996. The van der Waals surface area contributed by atoms with Crippen LogP contribution >= 0.6 is 0 Å². The number of hydrogen-bond acceptors (Lipinski definition) is 5. The van der Waals surface area contributed by atoms with Crippen LogP contribution in [-0.2, 0) is 26.3 Å². The van der Waals surface area contributed by atoms with Crippen LogP contribution < -0.4 is 9.46 Å². The van der Waals surface area contributed by atoms with Crippen LogP contribution in [0.15, 0.2) is 46.2 Å². The minimum atomic E-state index is -4.02. The van der Waals surface area contributed by atoms with Crippen molar-refractivity contribution in [3.05, 3.63) is 47.5 Å². The summed E-state index contributed by atoms with van der Waals surface area (Å²) in [6, 6.07) is 9.01. The molecule has 0 heterocycles. The van der Waals surface area contributed by atoms with Crippen molar-refractivity contribution in [3.8, 4) is 5.75 Å². The van der Waals surface area contributed by atoms with E-state index in [1.54, 1.807) is 12.1 Å². The topological polar surface area (TPSA) is 89.5 Å². The predicted molar refractivity (Wildman–Crippen MR) is 97.5 cm³/mol. The lowest BCUT2D eigenvalue weighted by Gasteiger charge is -2.14. The molecule has 2 aromatic rings. The molecule has 0 aliphatic heterocycles. The lowest BCUT2D eigenvalue weighted by Crippen LogP contribution is -2.15. The number of ether oxygens (including phenoxy) is 1. The van der Waals surface area contributed by atoms with Crippen LogP contribution in [0.4, 0.5) is 5.69 Å². The maximum Gasteiger partial charge on any atom is 0.265 e. The minimum Gasteiger partial charge on any atom is -0.495 e. The Morgan fingerprint density at radius 2 is 1.72 bits per heavy atom. The van der Waals surface area contributed by atoms with Crippen LogP contribution in [0.3, 0.4) is 0 Å². The van der Waals surface area contributed by atoms with Crippen LogP contribution in [0.5, 0.6) is 5.75 Å². The molecule has 0 unspecified atom stereocenters. The summed E-state index contributed by atoms with van der Waals surface area (Å²) in [4.78, 5) is -0.316. The van der Waals surface area contributed by atoms with Crippen LogP contribution in [0, 0.1) is 6.92 Å². The Morgan fingerprint density at radius 1 is 1.04 bits per heavy atom. The molecular formula is C17H21NO5S2. The third kappa shape index (κ3) is 4.32. The van der Waals surface area contributed by atoms with Crippen LogP contribution in [0.2, 0.25) is 0 Å². The average molecular weight is 383 g/mol. The zero-order valence-corrected chi connectivity index (χ0v) is 16.2. The summed E-state index contributed by atoms with van der Waals surface area (Å²) in [7, 11) is -6.23. The molecule has 0 bridgehead atoms. The summed E-state index contributed by atoms with van der Waals surface area (Å²) in [6.07, 6.45) is 1.79. The summed E-state index contributed by atoms with van der Waals surface area (Å²) in [6.45, 7) is 3.94. The highest BCUT2D eigenvalue weighted by atomic mass is 32.2. The number of sulfonamides is 1. The highest BCUT2D eigenvalue weighted by Gasteiger charge is 2.22. The molecule has 0 saturated heterocycles. The Hall–Kier alpha value is -2.06. The first-order chi connectivity index (χ1) is 11.6. The zero-order valence-electron chi connectivity index (χ0n) is 14.5. The third-order valence-corrected chi connectivity index (χ3v) is 6.35. The standard InChI is InChI=1S/C17H21NO5S2/c1-5-13-10-14(7-6-12(13)2)18-25(21,22)17-11-15(24(4,19)20)8-9-16(17)23-3/h6-11,18H,5H2,1-4H3. The Labute approximate surface area is 148 Å². The van der Waals surface area contributed by atoms with Crippen LogP contribution in [-0.4, -0.2) is 30.2 Å². The largest absolute Gasteiger partial charge is 0.495 e. The van der Waals surface area contributed by atoms with E-state index in [0.29, 0.717) is 5.69 Å². The van der Waals surface area contributed by atoms with Gasteiger partial charge in [-0.2, -0.15) is 0 Å². The molecule has 6 nitrogen and oxygen atoms in total. The Morgan fingerprint density at radius 3 is 2.28 bits per heavy atom. The second-order valence-corrected chi connectivity index (χ2v) is 9.35. The highest BCUT2D eigenvalue weighted by Crippen LogP contribution is 2.29. The zero-order chi connectivity index (χ0) is 18.8. The number of methoxy groups -OCH3 is 1. The lowest BCUT2D eigenvalue weighted by atomic mass is 10.1. The van der Waals surface area contributed by atoms with Crippen molar-refractivity contribution < 1.29 is 21.6 Å². The third-order valence-electron chi connectivity index (χ3n) is 3.84. The van der Waals surface area contributed by atoms with Gasteiger partial charge in [-0.25, -0.2) is 16.8 Å². The first kappa shape index (κ1) is 19.3. The van der Waals surface area contributed by atoms with Gasteiger partial charge < -0.3 is 4.74 Å². The molecule has 0 aliphatic carbocycles. The first-order valence-electron chi connectivity index (χ1n) is 7.59. The molecule has 0 radical (unpaired) electrons. The van der Waals surface area contributed by atoms with Crippen molar-refractivity contribution in [1.29, 1.82) is 0 Å². The molecule has 0 atom stereocenters. The number of benzene rings is 2. The van der Waals surface area contributed by atoms with E-state index in [9.17, 15) is 16.8 Å². The molecule has 2 aromatic carbocycles. The van der Waals surface area contributed by atoms with E-state index in [-0.39, 0.29) is 15.5 Å². The normalized spacial score (nSPS) is 12.0. The minimum absolute atomic E-state index is 0.0720. The first-order valence-corrected chi connectivity index (χ1v) is 11.0. The second-order valence-electron chi connectivity index (χ2n) is 5.69. The molecule has 0 amide bonds. The number of anilines is 1. The van der Waals surface area contributed by atoms with Gasteiger partial charge in [0.15, 0.2) is 9.84 Å². The molecule has 25 heavy (non-hydrogen) atoms. The van der Waals surface area contributed by atoms with Crippen molar-refractivity contribution in [2.24, 2.45) is 0 Å². The van der Waals surface area contributed by atoms with E-state index in [2.05, 4.69) is 4.72 Å². The fourth-order valence-electron chi connectivity index (χ4n) is 2.42. The van der Waals surface area contributed by atoms with Gasteiger partial charge in [0.05, 0.1) is 12.0 Å². The van der Waals surface area contributed by atoms with Gasteiger partial charge in [0.1, 0.15) is 10.6 Å². The second kappa shape index (κ2) is 7.05. The maximum atomic E-state index is 12.8. The monoisotopic (exact) mass is 383 g/mol. The van der Waals surface area contributed by atoms with E-state index in [0.717, 1.165) is 29.9 Å². The van der Waals surface area contributed by atoms with Gasteiger partial charge in [0.2, 0.25) is 0 Å². The molecule has 2 rings (SSSR count). The van der Waals surface area contributed by atoms with Crippen molar-refractivity contribution >= 4 is 25.5 Å². The molecule has 0 fully saturated rings. The molecule has 0 spiro atoms. The molecule has 1 N–H and O–H groups in total. The number of hydrogen-bond donors (Lipinski definition) is 1. The molecule has 0 saturated carbocycles. The highest BCUT2D eigenvalue weighted by molar-refractivity contribution is 7.93. The smallest absolute Gasteiger partial charge is 0.265 e. The number of aryl methyl sites for hydroxylation is 2. The van der Waals surface area contributed by atoms with Gasteiger partial charge in [-0.1, -0.05) is 13.0 Å². The van der Waals surface area contributed by atoms with E-state index < -0.39 is 19.9 Å². The molecule has 8 heteroatoms. The summed E-state index contributed by atoms with van der Waals surface area (Å²) in [5.41, 5.74) is 2.51. The summed E-state index contributed by atoms with van der Waals surface area (Å²) in [5.74, 6) is 0.0720. The summed E-state index contributed by atoms with van der Waals surface area (Å²) < 4.78 is 56.6. The predicted octanol–water partition coefficient (Wildman–Crippen LogP) is 2.77. The summed E-state index contributed by atoms with van der Waals surface area (Å²) in [5, 5.41) is 0. The van der Waals surface area contributed by atoms with Crippen LogP contribution in [0.1, 0.15) is 18.1 Å². The van der Waals surface area contributed by atoms with Crippen LogP contribution in [0.25, 0.3) is 0 Å². The average Bonchev–Trinajstić information content (AvgIpc) is 2.55. The maximum absolute atomic E-state index is 12.8. The molecule has 0 aromatic heterocycles. The lowest BCUT2D eigenvalue weighted by molar-refractivity contribution is 0.402. The van der Waals surface area contributed by atoms with Gasteiger partial charge in [-0.05, 0) is 54.8 Å². The van der Waals surface area contributed by atoms with E-state index in [1.165, 1.54) is 19.2 Å². The van der Waals surface area contributed by atoms with Gasteiger partial charge >= 0.3 is 0 Å². The van der Waals surface area contributed by atoms with Gasteiger partial charge in [-0.15, -0.1) is 0 Å². The fourth-order valence-corrected chi connectivity index (χ4v) is 4.39. The van der Waals surface area contributed by atoms with Gasteiger partial charge in [0, 0.05) is 11.9 Å². The quantitative estimate of drug-likeness (QED) is 0.828. The number of nitrogens with one attached hydrogen (secondary N) is 1. The van der Waals surface area contributed by atoms with Gasteiger partial charge in [-0.3, -0.25) is 4.72 Å². The van der Waals surface area contributed by atoms with Crippen molar-refractivity contribution in [2.45, 2.75) is 30.1 Å². The Kier molecular flexibility index (Phi) is 5.43. The number of rotatable bonds is 6. The Balaban J connectivity index is 2.52. The van der Waals surface area contributed by atoms with Crippen molar-refractivity contribution in [3.63, 3.8) is 0 Å². The number of sulfone groups is 1. The SMILES string of the molecule is CCc1cc(NS(=O)(=O)c2cc(S(C)(=O)=O)ccc2OC)ccc1C. The van der Waals surface area contributed by atoms with Gasteiger partial charge in [0.25, 0.3) is 10.0 Å². The summed E-state index contributed by atoms with van der Waals surface area (Å²) >= 11 is 0. The fraction of sp³-hybridized carbons (Fsp3) is 0.294. The molecular weight excluding hydrogens is 362 g/mol. The molecule has 0 aliphatic rings. The van der Waals surface area contributed by atoms with Crippen molar-refractivity contribution in [1.82, 2.24) is 0 Å².